The van der Waals surface area contributed by atoms with Gasteiger partial charge in [-0.2, -0.15) is 0 Å². The van der Waals surface area contributed by atoms with Gasteiger partial charge in [-0.05, 0) is 31.3 Å². The lowest BCUT2D eigenvalue weighted by atomic mass is 10.3. The van der Waals surface area contributed by atoms with Gasteiger partial charge in [-0.3, -0.25) is 0 Å². The predicted octanol–water partition coefficient (Wildman–Crippen LogP) is 4.57. The first-order chi connectivity index (χ1) is 8.56. The Hall–Kier alpha value is -0.880. The molecule has 0 bridgehead atoms. The smallest absolute Gasteiger partial charge is 0.189 e. The van der Waals surface area contributed by atoms with Crippen molar-refractivity contribution in [3.8, 4) is 0 Å². The van der Waals surface area contributed by atoms with E-state index in [0.29, 0.717) is 20.8 Å². The number of thiazole rings is 1. The summed E-state index contributed by atoms with van der Waals surface area (Å²) in [4.78, 5) is 4.25. The van der Waals surface area contributed by atoms with Gasteiger partial charge in [-0.25, -0.2) is 4.98 Å². The maximum Gasteiger partial charge on any atom is 0.189 e. The van der Waals surface area contributed by atoms with E-state index in [4.69, 9.17) is 35.4 Å². The van der Waals surface area contributed by atoms with E-state index in [9.17, 15) is 0 Å². The number of halogens is 2. The molecule has 7 heteroatoms. The summed E-state index contributed by atoms with van der Waals surface area (Å²) in [6.07, 6.45) is 0. The number of rotatable bonds is 2. The number of nitrogens with one attached hydrogen (secondary N) is 2. The van der Waals surface area contributed by atoms with E-state index >= 15 is 0 Å². The molecule has 0 saturated heterocycles. The molecular formula is C11H9Cl2N3S2. The first kappa shape index (κ1) is 13.5. The van der Waals surface area contributed by atoms with Crippen molar-refractivity contribution in [3.63, 3.8) is 0 Å². The van der Waals surface area contributed by atoms with Gasteiger partial charge in [0.1, 0.15) is 0 Å². The SMILES string of the molecule is Cc1csc(NC(=S)Nc2cccc(Cl)c2Cl)n1. The lowest BCUT2D eigenvalue weighted by Crippen LogP contribution is -2.19. The van der Waals surface area contributed by atoms with Crippen LogP contribution in [0.15, 0.2) is 23.6 Å². The van der Waals surface area contributed by atoms with Crippen LogP contribution in [0.4, 0.5) is 10.8 Å². The Balaban J connectivity index is 2.05. The van der Waals surface area contributed by atoms with Gasteiger partial charge in [0.2, 0.25) is 0 Å². The molecule has 1 aromatic heterocycles. The molecule has 18 heavy (non-hydrogen) atoms. The van der Waals surface area contributed by atoms with Crippen LogP contribution in [-0.2, 0) is 0 Å². The van der Waals surface area contributed by atoms with E-state index in [1.54, 1.807) is 18.2 Å². The molecule has 0 aliphatic carbocycles. The van der Waals surface area contributed by atoms with E-state index in [1.165, 1.54) is 11.3 Å². The van der Waals surface area contributed by atoms with Gasteiger partial charge in [0, 0.05) is 5.38 Å². The lowest BCUT2D eigenvalue weighted by Gasteiger charge is -2.10. The molecule has 2 aromatic rings. The van der Waals surface area contributed by atoms with Crippen LogP contribution in [0.3, 0.4) is 0 Å². The van der Waals surface area contributed by atoms with Crippen molar-refractivity contribution in [3.05, 3.63) is 39.3 Å². The van der Waals surface area contributed by atoms with Crippen molar-refractivity contribution < 1.29 is 0 Å². The van der Waals surface area contributed by atoms with Gasteiger partial charge >= 0.3 is 0 Å². The van der Waals surface area contributed by atoms with E-state index in [2.05, 4.69) is 15.6 Å². The summed E-state index contributed by atoms with van der Waals surface area (Å²) in [6, 6.07) is 5.32. The summed E-state index contributed by atoms with van der Waals surface area (Å²) in [5, 5.41) is 9.99. The second kappa shape index (κ2) is 5.84. The van der Waals surface area contributed by atoms with Gasteiger partial charge in [0.15, 0.2) is 10.2 Å². The number of anilines is 2. The van der Waals surface area contributed by atoms with Crippen molar-refractivity contribution in [1.29, 1.82) is 0 Å². The van der Waals surface area contributed by atoms with Crippen molar-refractivity contribution in [2.45, 2.75) is 6.92 Å². The zero-order valence-corrected chi connectivity index (χ0v) is 12.5. The molecule has 0 fully saturated rings. The fourth-order valence-corrected chi connectivity index (χ4v) is 2.57. The third kappa shape index (κ3) is 3.32. The number of benzene rings is 1. The Kier molecular flexibility index (Phi) is 4.40. The largest absolute Gasteiger partial charge is 0.331 e. The zero-order chi connectivity index (χ0) is 13.1. The predicted molar refractivity (Wildman–Crippen MR) is 83.2 cm³/mol. The Morgan fingerprint density at radius 1 is 1.33 bits per heavy atom. The Morgan fingerprint density at radius 2 is 2.11 bits per heavy atom. The molecule has 1 aromatic carbocycles. The van der Waals surface area contributed by atoms with Crippen molar-refractivity contribution in [2.24, 2.45) is 0 Å². The average molecular weight is 318 g/mol. The van der Waals surface area contributed by atoms with Crippen LogP contribution in [0.25, 0.3) is 0 Å². The van der Waals surface area contributed by atoms with Gasteiger partial charge in [-0.1, -0.05) is 29.3 Å². The number of aryl methyl sites for hydroxylation is 1. The maximum absolute atomic E-state index is 6.05. The number of nitrogens with zero attached hydrogens (tertiary/aromatic N) is 1. The van der Waals surface area contributed by atoms with Crippen LogP contribution in [0, 0.1) is 6.92 Å². The molecule has 2 rings (SSSR count). The molecule has 0 amide bonds. The fraction of sp³-hybridized carbons (Fsp3) is 0.0909. The molecular weight excluding hydrogens is 309 g/mol. The second-order valence-electron chi connectivity index (χ2n) is 3.47. The van der Waals surface area contributed by atoms with Gasteiger partial charge in [0.05, 0.1) is 21.4 Å². The first-order valence-electron chi connectivity index (χ1n) is 5.00. The number of thiocarbonyl (C=S) groups is 1. The molecule has 0 atom stereocenters. The van der Waals surface area contributed by atoms with Crippen molar-refractivity contribution in [1.82, 2.24) is 4.98 Å². The normalized spacial score (nSPS) is 10.2. The van der Waals surface area contributed by atoms with Crippen molar-refractivity contribution in [2.75, 3.05) is 10.6 Å². The standard InChI is InChI=1S/C11H9Cl2N3S2/c1-6-5-18-11(14-6)16-10(17)15-8-4-2-3-7(12)9(8)13/h2-5H,1H3,(H2,14,15,16,17). The van der Waals surface area contributed by atoms with Gasteiger partial charge < -0.3 is 10.6 Å². The first-order valence-corrected chi connectivity index (χ1v) is 7.05. The third-order valence-electron chi connectivity index (χ3n) is 2.04. The summed E-state index contributed by atoms with van der Waals surface area (Å²) >= 11 is 18.6. The Labute approximate surface area is 124 Å². The second-order valence-corrected chi connectivity index (χ2v) is 5.53. The zero-order valence-electron chi connectivity index (χ0n) is 9.33. The highest BCUT2D eigenvalue weighted by Gasteiger charge is 2.07. The number of hydrogen-bond donors (Lipinski definition) is 2. The third-order valence-corrected chi connectivity index (χ3v) is 3.94. The van der Waals surface area contributed by atoms with E-state index < -0.39 is 0 Å². The molecule has 1 heterocycles. The van der Waals surface area contributed by atoms with Crippen molar-refractivity contribution >= 4 is 62.7 Å². The van der Waals surface area contributed by atoms with E-state index in [0.717, 1.165) is 10.8 Å². The minimum Gasteiger partial charge on any atom is -0.331 e. The molecule has 94 valence electrons. The molecule has 0 unspecified atom stereocenters. The molecule has 0 spiro atoms. The van der Waals surface area contributed by atoms with Crippen LogP contribution >= 0.6 is 46.8 Å². The quantitative estimate of drug-likeness (QED) is 0.796. The van der Waals surface area contributed by atoms with Crippen LogP contribution in [-0.4, -0.2) is 10.1 Å². The van der Waals surface area contributed by atoms with E-state index in [-0.39, 0.29) is 0 Å². The molecule has 0 radical (unpaired) electrons. The average Bonchev–Trinajstić information content (AvgIpc) is 2.70. The molecule has 0 aliphatic rings. The number of hydrogen-bond acceptors (Lipinski definition) is 3. The summed E-state index contributed by atoms with van der Waals surface area (Å²) in [6.45, 7) is 1.92. The highest BCUT2D eigenvalue weighted by Crippen LogP contribution is 2.29. The van der Waals surface area contributed by atoms with Crippen LogP contribution in [0.5, 0.6) is 0 Å². The molecule has 0 aliphatic heterocycles. The molecule has 0 saturated carbocycles. The summed E-state index contributed by atoms with van der Waals surface area (Å²) in [5.74, 6) is 0. The Bertz CT molecular complexity index is 583. The summed E-state index contributed by atoms with van der Waals surface area (Å²) in [7, 11) is 0. The van der Waals surface area contributed by atoms with Crippen LogP contribution < -0.4 is 10.6 Å². The minimum atomic E-state index is 0.425. The highest BCUT2D eigenvalue weighted by atomic mass is 35.5. The molecule has 2 N–H and O–H groups in total. The van der Waals surface area contributed by atoms with E-state index in [1.807, 2.05) is 12.3 Å². The fourth-order valence-electron chi connectivity index (χ4n) is 1.26. The van der Waals surface area contributed by atoms with Gasteiger partial charge in [0.25, 0.3) is 0 Å². The Morgan fingerprint density at radius 3 is 2.78 bits per heavy atom. The monoisotopic (exact) mass is 317 g/mol. The topological polar surface area (TPSA) is 37.0 Å². The summed E-state index contributed by atoms with van der Waals surface area (Å²) in [5.41, 5.74) is 1.61. The van der Waals surface area contributed by atoms with Crippen LogP contribution in [0.1, 0.15) is 5.69 Å². The highest BCUT2D eigenvalue weighted by molar-refractivity contribution is 7.80. The summed E-state index contributed by atoms with van der Waals surface area (Å²) < 4.78 is 0. The van der Waals surface area contributed by atoms with Gasteiger partial charge in [-0.15, -0.1) is 11.3 Å². The molecule has 3 nitrogen and oxygen atoms in total. The maximum atomic E-state index is 6.05. The lowest BCUT2D eigenvalue weighted by molar-refractivity contribution is 1.27. The number of aromatic nitrogens is 1. The minimum absolute atomic E-state index is 0.425. The van der Waals surface area contributed by atoms with Crippen LogP contribution in [0.2, 0.25) is 10.0 Å².